The van der Waals surface area contributed by atoms with Crippen LogP contribution >= 0.6 is 15.9 Å². The van der Waals surface area contributed by atoms with Crippen molar-refractivity contribution in [3.05, 3.63) is 58.6 Å². The number of carbonyl (C=O) groups is 1. The van der Waals surface area contributed by atoms with Crippen LogP contribution in [0.2, 0.25) is 0 Å². The molecule has 0 bridgehead atoms. The molecule has 2 N–H and O–H groups in total. The summed E-state index contributed by atoms with van der Waals surface area (Å²) in [6.45, 7) is -0.194. The van der Waals surface area contributed by atoms with E-state index in [1.807, 2.05) is 6.07 Å². The van der Waals surface area contributed by atoms with Crippen molar-refractivity contribution in [2.24, 2.45) is 0 Å². The van der Waals surface area contributed by atoms with Crippen molar-refractivity contribution in [1.29, 1.82) is 0 Å². The first kappa shape index (κ1) is 18.4. The number of benzene rings is 2. The lowest BCUT2D eigenvalue weighted by molar-refractivity contribution is -0.139. The molecule has 24 heavy (non-hydrogen) atoms. The zero-order valence-electron chi connectivity index (χ0n) is 12.6. The van der Waals surface area contributed by atoms with Crippen molar-refractivity contribution in [3.8, 4) is 5.75 Å². The first-order valence-corrected chi connectivity index (χ1v) is 9.33. The van der Waals surface area contributed by atoms with Gasteiger partial charge in [-0.1, -0.05) is 28.1 Å². The zero-order chi connectivity index (χ0) is 17.6. The van der Waals surface area contributed by atoms with Gasteiger partial charge in [-0.2, -0.15) is 0 Å². The van der Waals surface area contributed by atoms with E-state index >= 15 is 0 Å². The second-order valence-corrected chi connectivity index (χ2v) is 7.61. The van der Waals surface area contributed by atoms with E-state index in [0.717, 1.165) is 10.0 Å². The third-order valence-corrected chi connectivity index (χ3v) is 5.10. The number of carboxylic acid groups (broad SMARTS) is 1. The molecule has 0 atom stereocenters. The molecule has 0 unspecified atom stereocenters. The Hall–Kier alpha value is -1.90. The van der Waals surface area contributed by atoms with Crippen LogP contribution < -0.4 is 9.46 Å². The fraction of sp³-hybridized carbons (Fsp3) is 0.188. The molecule has 0 saturated heterocycles. The fourth-order valence-electron chi connectivity index (χ4n) is 1.96. The molecule has 0 spiro atoms. The van der Waals surface area contributed by atoms with Gasteiger partial charge in [0.25, 0.3) is 0 Å². The summed E-state index contributed by atoms with van der Waals surface area (Å²) in [5, 5.41) is 8.60. The summed E-state index contributed by atoms with van der Waals surface area (Å²) < 4.78 is 32.8. The van der Waals surface area contributed by atoms with Gasteiger partial charge in [-0.05, 0) is 48.4 Å². The van der Waals surface area contributed by atoms with Crippen LogP contribution in [0.25, 0.3) is 0 Å². The lowest BCUT2D eigenvalue weighted by Gasteiger charge is -2.08. The molecule has 0 aliphatic heterocycles. The van der Waals surface area contributed by atoms with Gasteiger partial charge in [0, 0.05) is 11.0 Å². The fourth-order valence-corrected chi connectivity index (χ4v) is 3.26. The SMILES string of the molecule is O=C(O)COc1cccc(CCNS(=O)(=O)c2ccc(Br)cc2)c1. The Labute approximate surface area is 148 Å². The van der Waals surface area contributed by atoms with Crippen LogP contribution in [0.3, 0.4) is 0 Å². The third kappa shape index (κ3) is 5.63. The van der Waals surface area contributed by atoms with E-state index in [2.05, 4.69) is 20.7 Å². The minimum Gasteiger partial charge on any atom is -0.482 e. The number of sulfonamides is 1. The minimum absolute atomic E-state index is 0.198. The van der Waals surface area contributed by atoms with Gasteiger partial charge in [-0.15, -0.1) is 0 Å². The number of halogens is 1. The molecule has 0 aliphatic carbocycles. The van der Waals surface area contributed by atoms with Gasteiger partial charge in [-0.3, -0.25) is 0 Å². The monoisotopic (exact) mass is 413 g/mol. The van der Waals surface area contributed by atoms with Crippen LogP contribution in [0.5, 0.6) is 5.75 Å². The summed E-state index contributed by atoms with van der Waals surface area (Å²) in [5.41, 5.74) is 0.844. The van der Waals surface area contributed by atoms with E-state index in [1.54, 1.807) is 30.3 Å². The predicted octanol–water partition coefficient (Wildman–Crippen LogP) is 2.43. The lowest BCUT2D eigenvalue weighted by atomic mass is 10.1. The number of nitrogens with one attached hydrogen (secondary N) is 1. The van der Waals surface area contributed by atoms with Crippen molar-refractivity contribution < 1.29 is 23.1 Å². The van der Waals surface area contributed by atoms with Crippen molar-refractivity contribution in [1.82, 2.24) is 4.72 Å². The van der Waals surface area contributed by atoms with E-state index in [0.29, 0.717) is 12.2 Å². The average Bonchev–Trinajstić information content (AvgIpc) is 2.53. The number of aliphatic carboxylic acids is 1. The summed E-state index contributed by atoms with van der Waals surface area (Å²) in [6.07, 6.45) is 0.458. The lowest BCUT2D eigenvalue weighted by Crippen LogP contribution is -2.26. The van der Waals surface area contributed by atoms with Gasteiger partial charge in [0.15, 0.2) is 6.61 Å². The largest absolute Gasteiger partial charge is 0.482 e. The molecule has 0 heterocycles. The van der Waals surface area contributed by atoms with Crippen molar-refractivity contribution >= 4 is 31.9 Å². The highest BCUT2D eigenvalue weighted by molar-refractivity contribution is 9.10. The standard InChI is InChI=1S/C16H16BrNO5S/c17-13-4-6-15(7-5-13)24(21,22)18-9-8-12-2-1-3-14(10-12)23-11-16(19)20/h1-7,10,18H,8-9,11H2,(H,19,20). The Balaban J connectivity index is 1.92. The van der Waals surface area contributed by atoms with E-state index in [4.69, 9.17) is 9.84 Å². The molecule has 0 radical (unpaired) electrons. The van der Waals surface area contributed by atoms with E-state index in [-0.39, 0.29) is 11.4 Å². The average molecular weight is 414 g/mol. The zero-order valence-corrected chi connectivity index (χ0v) is 15.0. The summed E-state index contributed by atoms with van der Waals surface area (Å²) >= 11 is 3.26. The molecular formula is C16H16BrNO5S. The molecule has 2 rings (SSSR count). The molecule has 2 aromatic carbocycles. The van der Waals surface area contributed by atoms with Crippen molar-refractivity contribution in [3.63, 3.8) is 0 Å². The Morgan fingerprint density at radius 3 is 2.54 bits per heavy atom. The molecule has 0 aliphatic rings. The molecule has 128 valence electrons. The smallest absolute Gasteiger partial charge is 0.341 e. The number of hydrogen-bond donors (Lipinski definition) is 2. The van der Waals surface area contributed by atoms with E-state index in [1.165, 1.54) is 12.1 Å². The van der Waals surface area contributed by atoms with Crippen LogP contribution in [0, 0.1) is 0 Å². The summed E-state index contributed by atoms with van der Waals surface area (Å²) in [7, 11) is -3.56. The molecular weight excluding hydrogens is 398 g/mol. The van der Waals surface area contributed by atoms with Gasteiger partial charge in [-0.25, -0.2) is 17.9 Å². The van der Waals surface area contributed by atoms with E-state index in [9.17, 15) is 13.2 Å². The van der Waals surface area contributed by atoms with Gasteiger partial charge in [0.1, 0.15) is 5.75 Å². The molecule has 0 fully saturated rings. The molecule has 0 amide bonds. The Kier molecular flexibility index (Phi) is 6.36. The third-order valence-electron chi connectivity index (χ3n) is 3.09. The first-order valence-electron chi connectivity index (χ1n) is 7.05. The van der Waals surface area contributed by atoms with Gasteiger partial charge < -0.3 is 9.84 Å². The highest BCUT2D eigenvalue weighted by Crippen LogP contribution is 2.16. The number of rotatable bonds is 8. The molecule has 0 aromatic heterocycles. The van der Waals surface area contributed by atoms with Crippen LogP contribution in [-0.2, 0) is 21.2 Å². The molecule has 2 aromatic rings. The summed E-state index contributed by atoms with van der Waals surface area (Å²) in [4.78, 5) is 10.7. The van der Waals surface area contributed by atoms with Crippen molar-refractivity contribution in [2.75, 3.05) is 13.2 Å². The van der Waals surface area contributed by atoms with Gasteiger partial charge in [0.2, 0.25) is 10.0 Å². The molecule has 8 heteroatoms. The topological polar surface area (TPSA) is 92.7 Å². The Morgan fingerprint density at radius 1 is 1.17 bits per heavy atom. The first-order chi connectivity index (χ1) is 11.4. The Morgan fingerprint density at radius 2 is 1.88 bits per heavy atom. The number of carboxylic acids is 1. The quantitative estimate of drug-likeness (QED) is 0.692. The van der Waals surface area contributed by atoms with Crippen molar-refractivity contribution in [2.45, 2.75) is 11.3 Å². The number of hydrogen-bond acceptors (Lipinski definition) is 4. The maximum Gasteiger partial charge on any atom is 0.341 e. The highest BCUT2D eigenvalue weighted by Gasteiger charge is 2.13. The van der Waals surface area contributed by atoms with Crippen LogP contribution in [-0.4, -0.2) is 32.6 Å². The van der Waals surface area contributed by atoms with Gasteiger partial charge >= 0.3 is 5.97 Å². The maximum atomic E-state index is 12.2. The predicted molar refractivity (Wildman–Crippen MR) is 92.6 cm³/mol. The second-order valence-electron chi connectivity index (χ2n) is 4.93. The normalized spacial score (nSPS) is 11.2. The molecule has 6 nitrogen and oxygen atoms in total. The summed E-state index contributed by atoms with van der Waals surface area (Å²) in [5.74, 6) is -0.617. The minimum atomic E-state index is -3.56. The van der Waals surface area contributed by atoms with E-state index < -0.39 is 22.6 Å². The number of ether oxygens (including phenoxy) is 1. The highest BCUT2D eigenvalue weighted by atomic mass is 79.9. The van der Waals surface area contributed by atoms with Crippen LogP contribution in [0.1, 0.15) is 5.56 Å². The maximum absolute atomic E-state index is 12.2. The van der Waals surface area contributed by atoms with Gasteiger partial charge in [0.05, 0.1) is 4.90 Å². The Bertz CT molecular complexity index is 805. The molecule has 0 saturated carbocycles. The van der Waals surface area contributed by atoms with Crippen LogP contribution in [0.15, 0.2) is 57.9 Å². The summed E-state index contributed by atoms with van der Waals surface area (Å²) in [6, 6.07) is 13.3. The second kappa shape index (κ2) is 8.27. The van der Waals surface area contributed by atoms with Crippen LogP contribution in [0.4, 0.5) is 0 Å².